The molecule has 0 radical (unpaired) electrons. The van der Waals surface area contributed by atoms with Crippen LogP contribution in [0.15, 0.2) is 18.2 Å². The van der Waals surface area contributed by atoms with Crippen molar-refractivity contribution < 1.29 is 4.74 Å². The quantitative estimate of drug-likeness (QED) is 0.800. The van der Waals surface area contributed by atoms with Crippen LogP contribution in [-0.4, -0.2) is 13.2 Å². The summed E-state index contributed by atoms with van der Waals surface area (Å²) < 4.78 is 5.53. The smallest absolute Gasteiger partial charge is 0.122 e. The summed E-state index contributed by atoms with van der Waals surface area (Å²) in [5.41, 5.74) is 8.13. The molecule has 1 atom stereocenters. The first-order valence-corrected chi connectivity index (χ1v) is 6.12. The molecule has 1 unspecified atom stereocenters. The largest absolute Gasteiger partial charge is 0.494 e. The summed E-state index contributed by atoms with van der Waals surface area (Å²) in [5, 5.41) is 0. The third-order valence-electron chi connectivity index (χ3n) is 2.91. The van der Waals surface area contributed by atoms with Crippen LogP contribution in [-0.2, 0) is 0 Å². The SMILES string of the molecule is CCOc1ccc(C(C)CCCN)cc1C. The van der Waals surface area contributed by atoms with Gasteiger partial charge in [-0.2, -0.15) is 0 Å². The number of hydrogen-bond donors (Lipinski definition) is 1. The zero-order chi connectivity index (χ0) is 12.0. The zero-order valence-corrected chi connectivity index (χ0v) is 10.6. The van der Waals surface area contributed by atoms with Crippen LogP contribution in [0.3, 0.4) is 0 Å². The molecular weight excluding hydrogens is 198 g/mol. The number of rotatable bonds is 6. The minimum Gasteiger partial charge on any atom is -0.494 e. The number of ether oxygens (including phenoxy) is 1. The molecule has 1 aromatic rings. The number of benzene rings is 1. The molecule has 90 valence electrons. The number of nitrogens with two attached hydrogens (primary N) is 1. The Morgan fingerprint density at radius 3 is 2.69 bits per heavy atom. The van der Waals surface area contributed by atoms with Crippen LogP contribution in [0.2, 0.25) is 0 Å². The Morgan fingerprint density at radius 2 is 2.12 bits per heavy atom. The first-order chi connectivity index (χ1) is 7.69. The van der Waals surface area contributed by atoms with Crippen molar-refractivity contribution in [3.8, 4) is 5.75 Å². The Morgan fingerprint density at radius 1 is 1.38 bits per heavy atom. The minimum atomic E-state index is 0.581. The van der Waals surface area contributed by atoms with Gasteiger partial charge in [-0.25, -0.2) is 0 Å². The highest BCUT2D eigenvalue weighted by Gasteiger charge is 2.07. The highest BCUT2D eigenvalue weighted by molar-refractivity contribution is 5.37. The molecule has 0 spiro atoms. The van der Waals surface area contributed by atoms with E-state index in [1.807, 2.05) is 6.92 Å². The molecule has 1 aromatic carbocycles. The predicted octanol–water partition coefficient (Wildman–Crippen LogP) is 3.24. The first kappa shape index (κ1) is 13.0. The van der Waals surface area contributed by atoms with E-state index >= 15 is 0 Å². The average Bonchev–Trinajstić information content (AvgIpc) is 2.29. The molecule has 2 heteroatoms. The molecule has 2 nitrogen and oxygen atoms in total. The molecule has 0 bridgehead atoms. The number of hydrogen-bond acceptors (Lipinski definition) is 2. The summed E-state index contributed by atoms with van der Waals surface area (Å²) >= 11 is 0. The van der Waals surface area contributed by atoms with Gasteiger partial charge >= 0.3 is 0 Å². The molecule has 0 fully saturated rings. The predicted molar refractivity (Wildman–Crippen MR) is 69.1 cm³/mol. The Bertz CT molecular complexity index is 323. The molecule has 0 saturated carbocycles. The summed E-state index contributed by atoms with van der Waals surface area (Å²) in [5.74, 6) is 1.58. The van der Waals surface area contributed by atoms with E-state index in [-0.39, 0.29) is 0 Å². The summed E-state index contributed by atoms with van der Waals surface area (Å²) in [6.07, 6.45) is 2.25. The lowest BCUT2D eigenvalue weighted by atomic mass is 9.95. The van der Waals surface area contributed by atoms with Crippen LogP contribution in [0.4, 0.5) is 0 Å². The molecule has 0 aromatic heterocycles. The monoisotopic (exact) mass is 221 g/mol. The second-order valence-corrected chi connectivity index (χ2v) is 4.29. The standard InChI is InChI=1S/C14H23NO/c1-4-16-14-8-7-13(10-12(14)3)11(2)6-5-9-15/h7-8,10-11H,4-6,9,15H2,1-3H3. The van der Waals surface area contributed by atoms with E-state index in [4.69, 9.17) is 10.5 Å². The van der Waals surface area contributed by atoms with Crippen molar-refractivity contribution in [2.75, 3.05) is 13.2 Å². The van der Waals surface area contributed by atoms with E-state index in [0.717, 1.165) is 31.7 Å². The van der Waals surface area contributed by atoms with Gasteiger partial charge in [0.15, 0.2) is 0 Å². The highest BCUT2D eigenvalue weighted by atomic mass is 16.5. The van der Waals surface area contributed by atoms with Gasteiger partial charge in [-0.05, 0) is 56.3 Å². The Kier molecular flexibility index (Phi) is 5.33. The first-order valence-electron chi connectivity index (χ1n) is 6.12. The van der Waals surface area contributed by atoms with Crippen LogP contribution in [0.5, 0.6) is 5.75 Å². The molecule has 1 rings (SSSR count). The lowest BCUT2D eigenvalue weighted by molar-refractivity contribution is 0.337. The second-order valence-electron chi connectivity index (χ2n) is 4.29. The average molecular weight is 221 g/mol. The maximum absolute atomic E-state index is 5.53. The van der Waals surface area contributed by atoms with Crippen molar-refractivity contribution >= 4 is 0 Å². The molecule has 0 amide bonds. The summed E-state index contributed by atoms with van der Waals surface area (Å²) in [6, 6.07) is 6.47. The molecule has 0 aliphatic heterocycles. The van der Waals surface area contributed by atoms with Gasteiger partial charge in [0.25, 0.3) is 0 Å². The third-order valence-corrected chi connectivity index (χ3v) is 2.91. The van der Waals surface area contributed by atoms with E-state index in [2.05, 4.69) is 32.0 Å². The van der Waals surface area contributed by atoms with Crippen LogP contribution in [0, 0.1) is 6.92 Å². The fourth-order valence-electron chi connectivity index (χ4n) is 1.89. The topological polar surface area (TPSA) is 35.2 Å². The lowest BCUT2D eigenvalue weighted by Crippen LogP contribution is -2.02. The van der Waals surface area contributed by atoms with Crippen molar-refractivity contribution in [1.29, 1.82) is 0 Å². The lowest BCUT2D eigenvalue weighted by Gasteiger charge is -2.14. The van der Waals surface area contributed by atoms with Gasteiger partial charge in [0, 0.05) is 0 Å². The van der Waals surface area contributed by atoms with Gasteiger partial charge in [-0.1, -0.05) is 19.1 Å². The van der Waals surface area contributed by atoms with Gasteiger partial charge in [0.2, 0.25) is 0 Å². The second kappa shape index (κ2) is 6.54. The van der Waals surface area contributed by atoms with Crippen LogP contribution < -0.4 is 10.5 Å². The van der Waals surface area contributed by atoms with E-state index in [0.29, 0.717) is 5.92 Å². The molecular formula is C14H23NO. The fourth-order valence-corrected chi connectivity index (χ4v) is 1.89. The van der Waals surface area contributed by atoms with Crippen molar-refractivity contribution in [2.45, 2.75) is 39.5 Å². The fraction of sp³-hybridized carbons (Fsp3) is 0.571. The normalized spacial score (nSPS) is 12.5. The maximum atomic E-state index is 5.53. The number of aryl methyl sites for hydroxylation is 1. The van der Waals surface area contributed by atoms with Gasteiger partial charge in [-0.3, -0.25) is 0 Å². The van der Waals surface area contributed by atoms with Crippen LogP contribution >= 0.6 is 0 Å². The summed E-state index contributed by atoms with van der Waals surface area (Å²) in [6.45, 7) is 7.87. The van der Waals surface area contributed by atoms with Crippen LogP contribution in [0.1, 0.15) is 43.7 Å². The van der Waals surface area contributed by atoms with Gasteiger partial charge in [0.1, 0.15) is 5.75 Å². The molecule has 0 aliphatic rings. The van der Waals surface area contributed by atoms with E-state index in [1.54, 1.807) is 0 Å². The third kappa shape index (κ3) is 3.53. The van der Waals surface area contributed by atoms with Crippen molar-refractivity contribution in [3.05, 3.63) is 29.3 Å². The molecule has 0 saturated heterocycles. The Balaban J connectivity index is 2.71. The minimum absolute atomic E-state index is 0.581. The van der Waals surface area contributed by atoms with Crippen LogP contribution in [0.25, 0.3) is 0 Å². The zero-order valence-electron chi connectivity index (χ0n) is 10.6. The molecule has 16 heavy (non-hydrogen) atoms. The van der Waals surface area contributed by atoms with E-state index < -0.39 is 0 Å². The van der Waals surface area contributed by atoms with Crippen molar-refractivity contribution in [1.82, 2.24) is 0 Å². The molecule has 2 N–H and O–H groups in total. The summed E-state index contributed by atoms with van der Waals surface area (Å²) in [4.78, 5) is 0. The maximum Gasteiger partial charge on any atom is 0.122 e. The molecule has 0 aliphatic carbocycles. The summed E-state index contributed by atoms with van der Waals surface area (Å²) in [7, 11) is 0. The Labute approximate surface area is 98.8 Å². The van der Waals surface area contributed by atoms with E-state index in [9.17, 15) is 0 Å². The van der Waals surface area contributed by atoms with Gasteiger partial charge in [-0.15, -0.1) is 0 Å². The Hall–Kier alpha value is -1.02. The van der Waals surface area contributed by atoms with Crippen molar-refractivity contribution in [2.24, 2.45) is 5.73 Å². The molecule has 0 heterocycles. The van der Waals surface area contributed by atoms with Gasteiger partial charge < -0.3 is 10.5 Å². The highest BCUT2D eigenvalue weighted by Crippen LogP contribution is 2.26. The van der Waals surface area contributed by atoms with Gasteiger partial charge in [0.05, 0.1) is 6.61 Å². The van der Waals surface area contributed by atoms with Crippen molar-refractivity contribution in [3.63, 3.8) is 0 Å². The van der Waals surface area contributed by atoms with E-state index in [1.165, 1.54) is 11.1 Å².